The summed E-state index contributed by atoms with van der Waals surface area (Å²) in [5, 5.41) is 0. The number of benzene rings is 1. The van der Waals surface area contributed by atoms with Gasteiger partial charge in [-0.15, -0.1) is 0 Å². The molecule has 6 nitrogen and oxygen atoms in total. The van der Waals surface area contributed by atoms with Crippen molar-refractivity contribution < 1.29 is 26.7 Å². The number of aryl methyl sites for hydroxylation is 1. The number of hydrogen-bond acceptors (Lipinski definition) is 6. The van der Waals surface area contributed by atoms with Gasteiger partial charge in [-0.05, 0) is 25.3 Å². The van der Waals surface area contributed by atoms with Crippen molar-refractivity contribution in [2.75, 3.05) is 25.4 Å². The van der Waals surface area contributed by atoms with E-state index in [1.807, 2.05) is 30.3 Å². The molecule has 0 saturated heterocycles. The molecular formula is C15H22O6PS+. The largest absolute Gasteiger partial charge is 0.466 e. The van der Waals surface area contributed by atoms with Crippen LogP contribution in [-0.4, -0.2) is 39.8 Å². The van der Waals surface area contributed by atoms with E-state index in [0.29, 0.717) is 12.8 Å². The molecule has 23 heavy (non-hydrogen) atoms. The standard InChI is InChI=1S/C15H22O6PS/c1-3-20-15(16)14(10-9-13-7-5-4-6-8-13)11-22(17)12-21-23(2,18)19/h4-8,14H,3,9-12H2,1-2H3/q+1. The predicted octanol–water partition coefficient (Wildman–Crippen LogP) is 2.56. The Hall–Kier alpha value is -1.30. The van der Waals surface area contributed by atoms with Gasteiger partial charge in [-0.1, -0.05) is 34.9 Å². The van der Waals surface area contributed by atoms with Crippen LogP contribution in [0.1, 0.15) is 18.9 Å². The first-order valence-electron chi connectivity index (χ1n) is 7.29. The maximum absolute atomic E-state index is 12.0. The molecule has 0 amide bonds. The van der Waals surface area contributed by atoms with Crippen molar-refractivity contribution in [2.45, 2.75) is 19.8 Å². The van der Waals surface area contributed by atoms with Crippen molar-refractivity contribution in [2.24, 2.45) is 5.92 Å². The van der Waals surface area contributed by atoms with Gasteiger partial charge < -0.3 is 4.74 Å². The van der Waals surface area contributed by atoms with Crippen LogP contribution in [0.2, 0.25) is 0 Å². The average Bonchev–Trinajstić information content (AvgIpc) is 2.50. The third-order valence-electron chi connectivity index (χ3n) is 3.08. The van der Waals surface area contributed by atoms with Crippen LogP contribution in [0, 0.1) is 5.92 Å². The fraction of sp³-hybridized carbons (Fsp3) is 0.533. The highest BCUT2D eigenvalue weighted by molar-refractivity contribution is 7.86. The first kappa shape index (κ1) is 19.7. The molecule has 0 aliphatic rings. The van der Waals surface area contributed by atoms with Crippen molar-refractivity contribution in [3.8, 4) is 0 Å². The SMILES string of the molecule is CCOC(=O)C(CCc1ccccc1)C[P+](=O)COS(C)(=O)=O. The van der Waals surface area contributed by atoms with Crippen LogP contribution in [0.3, 0.4) is 0 Å². The number of rotatable bonds is 10. The number of ether oxygens (including phenoxy) is 1. The maximum atomic E-state index is 12.0. The zero-order valence-electron chi connectivity index (χ0n) is 13.3. The molecule has 0 spiro atoms. The van der Waals surface area contributed by atoms with Gasteiger partial charge in [0.2, 0.25) is 0 Å². The van der Waals surface area contributed by atoms with E-state index in [0.717, 1.165) is 11.8 Å². The zero-order valence-corrected chi connectivity index (χ0v) is 15.0. The number of carbonyl (C=O) groups is 1. The molecule has 1 rings (SSSR count). The lowest BCUT2D eigenvalue weighted by Gasteiger charge is -2.11. The van der Waals surface area contributed by atoms with Crippen LogP contribution in [-0.2, 0) is 34.8 Å². The van der Waals surface area contributed by atoms with Gasteiger partial charge in [0.1, 0.15) is 5.92 Å². The molecule has 8 heteroatoms. The molecular weight excluding hydrogens is 339 g/mol. The van der Waals surface area contributed by atoms with Gasteiger partial charge in [-0.25, -0.2) is 4.18 Å². The van der Waals surface area contributed by atoms with E-state index in [9.17, 15) is 17.8 Å². The summed E-state index contributed by atoms with van der Waals surface area (Å²) in [6.45, 7) is 1.95. The Bertz CT molecular complexity index is 614. The summed E-state index contributed by atoms with van der Waals surface area (Å²) in [6.07, 6.45) is 1.68. The Morgan fingerprint density at radius 3 is 2.48 bits per heavy atom. The van der Waals surface area contributed by atoms with Crippen molar-refractivity contribution >= 4 is 23.9 Å². The monoisotopic (exact) mass is 361 g/mol. The van der Waals surface area contributed by atoms with Gasteiger partial charge in [0.05, 0.1) is 12.9 Å². The summed E-state index contributed by atoms with van der Waals surface area (Å²) in [4.78, 5) is 12.0. The van der Waals surface area contributed by atoms with Gasteiger partial charge in [-0.3, -0.25) is 4.79 Å². The smallest absolute Gasteiger partial charge is 0.369 e. The minimum atomic E-state index is -3.64. The van der Waals surface area contributed by atoms with Crippen LogP contribution in [0.5, 0.6) is 0 Å². The van der Waals surface area contributed by atoms with E-state index in [2.05, 4.69) is 4.18 Å². The predicted molar refractivity (Wildman–Crippen MR) is 88.2 cm³/mol. The van der Waals surface area contributed by atoms with Gasteiger partial charge in [0.25, 0.3) is 16.5 Å². The summed E-state index contributed by atoms with van der Waals surface area (Å²) in [5.41, 5.74) is 1.07. The normalized spacial score (nSPS) is 13.4. The van der Waals surface area contributed by atoms with Crippen molar-refractivity contribution in [3.05, 3.63) is 35.9 Å². The van der Waals surface area contributed by atoms with Crippen LogP contribution in [0.4, 0.5) is 0 Å². The van der Waals surface area contributed by atoms with Crippen molar-refractivity contribution in [1.82, 2.24) is 0 Å². The molecule has 0 bridgehead atoms. The number of carbonyl (C=O) groups excluding carboxylic acids is 1. The van der Waals surface area contributed by atoms with Gasteiger partial charge in [-0.2, -0.15) is 8.42 Å². The second-order valence-corrected chi connectivity index (χ2v) is 8.32. The van der Waals surface area contributed by atoms with Crippen LogP contribution in [0.25, 0.3) is 0 Å². The maximum Gasteiger partial charge on any atom is 0.369 e. The quantitative estimate of drug-likeness (QED) is 0.362. The Kier molecular flexibility index (Phi) is 8.37. The van der Waals surface area contributed by atoms with E-state index < -0.39 is 36.2 Å². The molecule has 0 aliphatic carbocycles. The average molecular weight is 361 g/mol. The Morgan fingerprint density at radius 2 is 1.91 bits per heavy atom. The third kappa shape index (κ3) is 8.79. The van der Waals surface area contributed by atoms with Crippen molar-refractivity contribution in [1.29, 1.82) is 0 Å². The lowest BCUT2D eigenvalue weighted by atomic mass is 10.0. The second kappa shape index (κ2) is 9.75. The fourth-order valence-corrected chi connectivity index (χ4v) is 4.15. The molecule has 0 radical (unpaired) electrons. The molecule has 0 heterocycles. The van der Waals surface area contributed by atoms with Gasteiger partial charge >= 0.3 is 13.8 Å². The second-order valence-electron chi connectivity index (χ2n) is 5.09. The molecule has 1 aromatic carbocycles. The number of esters is 1. The fourth-order valence-electron chi connectivity index (χ4n) is 1.98. The lowest BCUT2D eigenvalue weighted by Crippen LogP contribution is -2.21. The topological polar surface area (TPSA) is 86.7 Å². The lowest BCUT2D eigenvalue weighted by molar-refractivity contribution is -0.147. The molecule has 1 aromatic rings. The highest BCUT2D eigenvalue weighted by Gasteiger charge is 2.30. The highest BCUT2D eigenvalue weighted by atomic mass is 32.2. The van der Waals surface area contributed by atoms with Crippen molar-refractivity contribution in [3.63, 3.8) is 0 Å². The van der Waals surface area contributed by atoms with Crippen LogP contribution in [0.15, 0.2) is 30.3 Å². The Labute approximate surface area is 138 Å². The minimum absolute atomic E-state index is 0.0521. The summed E-state index contributed by atoms with van der Waals surface area (Å²) in [6, 6.07) is 9.64. The molecule has 128 valence electrons. The van der Waals surface area contributed by atoms with E-state index in [1.165, 1.54) is 0 Å². The molecule has 2 unspecified atom stereocenters. The van der Waals surface area contributed by atoms with E-state index in [-0.39, 0.29) is 12.8 Å². The molecule has 2 atom stereocenters. The summed E-state index contributed by atoms with van der Waals surface area (Å²) >= 11 is 0. The highest BCUT2D eigenvalue weighted by Crippen LogP contribution is 2.28. The Balaban J connectivity index is 2.61. The molecule has 0 saturated carbocycles. The molecule has 0 aliphatic heterocycles. The van der Waals surface area contributed by atoms with Gasteiger partial charge in [0, 0.05) is 0 Å². The van der Waals surface area contributed by atoms with Crippen LogP contribution < -0.4 is 0 Å². The minimum Gasteiger partial charge on any atom is -0.466 e. The summed E-state index contributed by atoms with van der Waals surface area (Å²) < 4.78 is 43.4. The van der Waals surface area contributed by atoms with Crippen LogP contribution >= 0.6 is 7.80 Å². The Morgan fingerprint density at radius 1 is 1.26 bits per heavy atom. The summed E-state index contributed by atoms with van der Waals surface area (Å²) in [7, 11) is -5.60. The zero-order chi connectivity index (χ0) is 17.3. The third-order valence-corrected chi connectivity index (χ3v) is 5.06. The van der Waals surface area contributed by atoms with E-state index in [1.54, 1.807) is 6.92 Å². The van der Waals surface area contributed by atoms with E-state index in [4.69, 9.17) is 4.74 Å². The first-order valence-corrected chi connectivity index (χ1v) is 10.7. The molecule has 0 fully saturated rings. The molecule has 0 N–H and O–H groups in total. The number of hydrogen-bond donors (Lipinski definition) is 0. The van der Waals surface area contributed by atoms with Gasteiger partial charge in [0.15, 0.2) is 6.16 Å². The molecule has 0 aromatic heterocycles. The first-order chi connectivity index (χ1) is 10.8. The summed E-state index contributed by atoms with van der Waals surface area (Å²) in [5.74, 6) is -0.951. The van der Waals surface area contributed by atoms with E-state index >= 15 is 0 Å².